The van der Waals surface area contributed by atoms with Crippen molar-refractivity contribution >= 4 is 41.7 Å². The monoisotopic (exact) mass is 500 g/mol. The van der Waals surface area contributed by atoms with E-state index in [1.165, 1.54) is 29.7 Å². The molecule has 1 unspecified atom stereocenters. The van der Waals surface area contributed by atoms with Crippen LogP contribution in [0, 0.1) is 0 Å². The zero-order valence-corrected chi connectivity index (χ0v) is 19.2. The molecular formula is C19H29IN6S. The van der Waals surface area contributed by atoms with Crippen LogP contribution < -0.4 is 10.6 Å². The van der Waals surface area contributed by atoms with Gasteiger partial charge in [0.1, 0.15) is 12.7 Å². The van der Waals surface area contributed by atoms with Gasteiger partial charge in [0, 0.05) is 17.8 Å². The first-order chi connectivity index (χ1) is 12.7. The molecule has 148 valence electrons. The Morgan fingerprint density at radius 2 is 2.19 bits per heavy atom. The highest BCUT2D eigenvalue weighted by molar-refractivity contribution is 14.0. The SMILES string of the molecule is CCNC(=NCc1cccc(Cn2cncn2)c1)NCC1(C)CCCS1.I. The summed E-state index contributed by atoms with van der Waals surface area (Å²) in [5.74, 6) is 2.16. The molecule has 2 aromatic rings. The molecule has 1 aromatic heterocycles. The Morgan fingerprint density at radius 3 is 2.89 bits per heavy atom. The zero-order chi connectivity index (χ0) is 18.2. The maximum absolute atomic E-state index is 4.76. The molecule has 1 saturated heterocycles. The Hall–Kier alpha value is -1.29. The largest absolute Gasteiger partial charge is 0.357 e. The molecule has 0 bridgehead atoms. The van der Waals surface area contributed by atoms with Gasteiger partial charge in [-0.15, -0.1) is 24.0 Å². The van der Waals surface area contributed by atoms with Gasteiger partial charge >= 0.3 is 0 Å². The molecule has 3 rings (SSSR count). The van der Waals surface area contributed by atoms with E-state index < -0.39 is 0 Å². The summed E-state index contributed by atoms with van der Waals surface area (Å²) in [6, 6.07) is 8.49. The van der Waals surface area contributed by atoms with E-state index in [0.717, 1.165) is 25.6 Å². The third kappa shape index (κ3) is 6.99. The first-order valence-electron chi connectivity index (χ1n) is 9.23. The number of thioether (sulfide) groups is 1. The van der Waals surface area contributed by atoms with Crippen LogP contribution in [0.5, 0.6) is 0 Å². The molecule has 27 heavy (non-hydrogen) atoms. The lowest BCUT2D eigenvalue weighted by Gasteiger charge is -2.24. The molecule has 1 aliphatic heterocycles. The van der Waals surface area contributed by atoms with E-state index in [9.17, 15) is 0 Å². The molecule has 1 atom stereocenters. The summed E-state index contributed by atoms with van der Waals surface area (Å²) in [6.07, 6.45) is 5.88. The number of aromatic nitrogens is 3. The van der Waals surface area contributed by atoms with Crippen LogP contribution in [-0.2, 0) is 13.1 Å². The van der Waals surface area contributed by atoms with Crippen molar-refractivity contribution in [3.8, 4) is 0 Å². The van der Waals surface area contributed by atoms with Gasteiger partial charge in [-0.25, -0.2) is 14.7 Å². The summed E-state index contributed by atoms with van der Waals surface area (Å²) in [4.78, 5) is 8.76. The van der Waals surface area contributed by atoms with Crippen molar-refractivity contribution in [3.63, 3.8) is 0 Å². The topological polar surface area (TPSA) is 67.1 Å². The Bertz CT molecular complexity index is 713. The Labute approximate surface area is 183 Å². The smallest absolute Gasteiger partial charge is 0.191 e. The fourth-order valence-corrected chi connectivity index (χ4v) is 4.33. The van der Waals surface area contributed by atoms with Gasteiger partial charge in [0.15, 0.2) is 5.96 Å². The molecule has 2 N–H and O–H groups in total. The van der Waals surface area contributed by atoms with Crippen molar-refractivity contribution in [2.24, 2.45) is 4.99 Å². The number of nitrogens with one attached hydrogen (secondary N) is 2. The molecule has 0 radical (unpaired) electrons. The highest BCUT2D eigenvalue weighted by atomic mass is 127. The minimum atomic E-state index is 0. The second kappa shape index (κ2) is 10.9. The lowest BCUT2D eigenvalue weighted by Crippen LogP contribution is -2.43. The summed E-state index contributed by atoms with van der Waals surface area (Å²) in [5, 5.41) is 11.0. The predicted octanol–water partition coefficient (Wildman–Crippen LogP) is 3.29. The summed E-state index contributed by atoms with van der Waals surface area (Å²) < 4.78 is 2.15. The Balaban J connectivity index is 0.00000261. The van der Waals surface area contributed by atoms with Crippen LogP contribution in [0.25, 0.3) is 0 Å². The number of benzene rings is 1. The third-order valence-electron chi connectivity index (χ3n) is 4.50. The van der Waals surface area contributed by atoms with E-state index in [4.69, 9.17) is 4.99 Å². The summed E-state index contributed by atoms with van der Waals surface area (Å²) in [5.41, 5.74) is 2.40. The lowest BCUT2D eigenvalue weighted by atomic mass is 10.1. The average Bonchev–Trinajstić information content (AvgIpc) is 3.30. The number of nitrogens with zero attached hydrogens (tertiary/aromatic N) is 4. The predicted molar refractivity (Wildman–Crippen MR) is 124 cm³/mol. The molecule has 0 saturated carbocycles. The Kier molecular flexibility index (Phi) is 8.88. The molecule has 1 aliphatic rings. The quantitative estimate of drug-likeness (QED) is 0.347. The standard InChI is InChI=1S/C19H28N6S.HI/c1-3-21-18(23-13-19(2)8-5-9-26-19)22-11-16-6-4-7-17(10-16)12-25-15-20-14-24-25;/h4,6-7,10,14-15H,3,5,8-9,11-13H2,1-2H3,(H2,21,22,23);1H. The highest BCUT2D eigenvalue weighted by Crippen LogP contribution is 2.36. The van der Waals surface area contributed by atoms with Gasteiger partial charge in [0.2, 0.25) is 0 Å². The third-order valence-corrected chi connectivity index (χ3v) is 6.03. The second-order valence-corrected chi connectivity index (χ2v) is 8.55. The molecule has 0 amide bonds. The Morgan fingerprint density at radius 1 is 1.33 bits per heavy atom. The van der Waals surface area contributed by atoms with Crippen LogP contribution in [0.2, 0.25) is 0 Å². The van der Waals surface area contributed by atoms with Gasteiger partial charge in [-0.05, 0) is 43.6 Å². The van der Waals surface area contributed by atoms with Crippen LogP contribution in [0.4, 0.5) is 0 Å². The minimum absolute atomic E-state index is 0. The van der Waals surface area contributed by atoms with Gasteiger partial charge in [0.05, 0.1) is 13.1 Å². The lowest BCUT2D eigenvalue weighted by molar-refractivity contribution is 0.584. The molecular weight excluding hydrogens is 471 g/mol. The molecule has 0 aliphatic carbocycles. The van der Waals surface area contributed by atoms with Gasteiger partial charge in [0.25, 0.3) is 0 Å². The van der Waals surface area contributed by atoms with Crippen LogP contribution in [0.1, 0.15) is 37.8 Å². The molecule has 1 aromatic carbocycles. The molecule has 0 spiro atoms. The minimum Gasteiger partial charge on any atom is -0.357 e. The maximum Gasteiger partial charge on any atom is 0.191 e. The number of hydrogen-bond acceptors (Lipinski definition) is 4. The maximum atomic E-state index is 4.76. The van der Waals surface area contributed by atoms with Crippen LogP contribution in [-0.4, -0.2) is 44.3 Å². The number of aliphatic imine (C=N–C) groups is 1. The van der Waals surface area contributed by atoms with E-state index in [0.29, 0.717) is 11.3 Å². The van der Waals surface area contributed by atoms with Crippen molar-refractivity contribution in [1.82, 2.24) is 25.4 Å². The summed E-state index contributed by atoms with van der Waals surface area (Å²) in [7, 11) is 0. The van der Waals surface area contributed by atoms with Crippen molar-refractivity contribution in [1.29, 1.82) is 0 Å². The molecule has 8 heteroatoms. The zero-order valence-electron chi connectivity index (χ0n) is 16.0. The molecule has 1 fully saturated rings. The summed E-state index contributed by atoms with van der Waals surface area (Å²) in [6.45, 7) is 7.64. The van der Waals surface area contributed by atoms with Crippen molar-refractivity contribution in [3.05, 3.63) is 48.0 Å². The van der Waals surface area contributed by atoms with E-state index in [1.54, 1.807) is 12.7 Å². The van der Waals surface area contributed by atoms with E-state index >= 15 is 0 Å². The normalized spacial score (nSPS) is 19.6. The number of hydrogen-bond donors (Lipinski definition) is 2. The number of halogens is 1. The van der Waals surface area contributed by atoms with E-state index in [2.05, 4.69) is 70.6 Å². The second-order valence-electron chi connectivity index (χ2n) is 6.86. The van der Waals surface area contributed by atoms with Crippen molar-refractivity contribution < 1.29 is 0 Å². The van der Waals surface area contributed by atoms with Crippen LogP contribution >= 0.6 is 35.7 Å². The molecule has 2 heterocycles. The van der Waals surface area contributed by atoms with Gasteiger partial charge < -0.3 is 10.6 Å². The van der Waals surface area contributed by atoms with Gasteiger partial charge in [-0.3, -0.25) is 0 Å². The van der Waals surface area contributed by atoms with Gasteiger partial charge in [-0.2, -0.15) is 16.9 Å². The van der Waals surface area contributed by atoms with Crippen molar-refractivity contribution in [2.75, 3.05) is 18.8 Å². The fraction of sp³-hybridized carbons (Fsp3) is 0.526. The molecule has 6 nitrogen and oxygen atoms in total. The first kappa shape index (κ1) is 22.0. The van der Waals surface area contributed by atoms with Crippen LogP contribution in [0.15, 0.2) is 41.9 Å². The van der Waals surface area contributed by atoms with Crippen LogP contribution in [0.3, 0.4) is 0 Å². The average molecular weight is 500 g/mol. The number of rotatable bonds is 7. The van der Waals surface area contributed by atoms with Gasteiger partial charge in [-0.1, -0.05) is 24.3 Å². The highest BCUT2D eigenvalue weighted by Gasteiger charge is 2.29. The van der Waals surface area contributed by atoms with E-state index in [-0.39, 0.29) is 24.0 Å². The van der Waals surface area contributed by atoms with E-state index in [1.807, 2.05) is 4.68 Å². The number of guanidine groups is 1. The first-order valence-corrected chi connectivity index (χ1v) is 10.2. The summed E-state index contributed by atoms with van der Waals surface area (Å²) >= 11 is 2.06. The fourth-order valence-electron chi connectivity index (χ4n) is 3.09. The van der Waals surface area contributed by atoms with Crippen molar-refractivity contribution in [2.45, 2.75) is 44.5 Å².